The maximum absolute atomic E-state index is 12.3. The van der Waals surface area contributed by atoms with Crippen LogP contribution in [0.15, 0.2) is 30.3 Å². The minimum atomic E-state index is -0.0709. The number of aliphatic hydroxyl groups excluding tert-OH is 1. The van der Waals surface area contributed by atoms with Gasteiger partial charge in [0, 0.05) is 19.6 Å². The van der Waals surface area contributed by atoms with Gasteiger partial charge in [0.2, 0.25) is 0 Å². The van der Waals surface area contributed by atoms with Crippen molar-refractivity contribution in [2.24, 2.45) is 5.92 Å². The number of rotatable bonds is 6. The van der Waals surface area contributed by atoms with Gasteiger partial charge in [-0.15, -0.1) is 0 Å². The molecule has 0 heterocycles. The summed E-state index contributed by atoms with van der Waals surface area (Å²) in [4.78, 5) is 14.0. The molecule has 2 N–H and O–H groups in total. The summed E-state index contributed by atoms with van der Waals surface area (Å²) >= 11 is 0. The molecule has 0 aliphatic heterocycles. The summed E-state index contributed by atoms with van der Waals surface area (Å²) < 4.78 is 0. The van der Waals surface area contributed by atoms with Crippen LogP contribution in [0.25, 0.3) is 0 Å². The predicted molar refractivity (Wildman–Crippen MR) is 83.9 cm³/mol. The SMILES string of the molecule is O=C(NCC1CCCCC1)N(CCO)Cc1ccccc1. The molecule has 116 valence electrons. The first-order chi connectivity index (χ1) is 10.3. The van der Waals surface area contributed by atoms with E-state index >= 15 is 0 Å². The van der Waals surface area contributed by atoms with E-state index in [1.54, 1.807) is 4.90 Å². The lowest BCUT2D eigenvalue weighted by atomic mass is 9.89. The number of carbonyl (C=O) groups is 1. The van der Waals surface area contributed by atoms with Gasteiger partial charge in [0.15, 0.2) is 0 Å². The van der Waals surface area contributed by atoms with Crippen LogP contribution < -0.4 is 5.32 Å². The fraction of sp³-hybridized carbons (Fsp3) is 0.588. The zero-order valence-corrected chi connectivity index (χ0v) is 12.6. The Labute approximate surface area is 127 Å². The van der Waals surface area contributed by atoms with Crippen molar-refractivity contribution in [3.05, 3.63) is 35.9 Å². The lowest BCUT2D eigenvalue weighted by molar-refractivity contribution is 0.171. The number of amides is 2. The lowest BCUT2D eigenvalue weighted by Crippen LogP contribution is -2.43. The van der Waals surface area contributed by atoms with E-state index in [4.69, 9.17) is 5.11 Å². The monoisotopic (exact) mass is 290 g/mol. The van der Waals surface area contributed by atoms with Crippen LogP contribution in [0.4, 0.5) is 4.79 Å². The predicted octanol–water partition coefficient (Wildman–Crippen LogP) is 2.77. The number of urea groups is 1. The van der Waals surface area contributed by atoms with Crippen LogP contribution in [-0.2, 0) is 6.54 Å². The van der Waals surface area contributed by atoms with Crippen molar-refractivity contribution >= 4 is 6.03 Å². The molecular weight excluding hydrogens is 264 g/mol. The van der Waals surface area contributed by atoms with Gasteiger partial charge in [0.05, 0.1) is 6.61 Å². The quantitative estimate of drug-likeness (QED) is 0.846. The third kappa shape index (κ3) is 5.38. The molecule has 1 aromatic carbocycles. The van der Waals surface area contributed by atoms with Crippen molar-refractivity contribution in [3.8, 4) is 0 Å². The van der Waals surface area contributed by atoms with E-state index in [9.17, 15) is 4.79 Å². The Morgan fingerprint density at radius 1 is 1.19 bits per heavy atom. The molecular formula is C17H26N2O2. The van der Waals surface area contributed by atoms with E-state index in [0.717, 1.165) is 12.1 Å². The summed E-state index contributed by atoms with van der Waals surface area (Å²) in [7, 11) is 0. The molecule has 1 aromatic rings. The average Bonchev–Trinajstić information content (AvgIpc) is 2.54. The molecule has 1 aliphatic carbocycles. The molecule has 1 aliphatic rings. The van der Waals surface area contributed by atoms with E-state index in [-0.39, 0.29) is 12.6 Å². The van der Waals surface area contributed by atoms with Gasteiger partial charge in [-0.1, -0.05) is 49.6 Å². The zero-order chi connectivity index (χ0) is 14.9. The van der Waals surface area contributed by atoms with E-state index in [0.29, 0.717) is 19.0 Å². The second kappa shape index (κ2) is 8.67. The second-order valence-electron chi connectivity index (χ2n) is 5.82. The molecule has 0 aromatic heterocycles. The van der Waals surface area contributed by atoms with Crippen molar-refractivity contribution < 1.29 is 9.90 Å². The van der Waals surface area contributed by atoms with Gasteiger partial charge >= 0.3 is 6.03 Å². The van der Waals surface area contributed by atoms with Crippen LogP contribution in [0, 0.1) is 5.92 Å². The molecule has 4 heteroatoms. The normalized spacial score (nSPS) is 15.7. The molecule has 0 unspecified atom stereocenters. The number of carbonyl (C=O) groups excluding carboxylic acids is 1. The molecule has 1 saturated carbocycles. The number of benzene rings is 1. The summed E-state index contributed by atoms with van der Waals surface area (Å²) in [6.07, 6.45) is 6.34. The highest BCUT2D eigenvalue weighted by molar-refractivity contribution is 5.74. The number of hydrogen-bond acceptors (Lipinski definition) is 2. The minimum Gasteiger partial charge on any atom is -0.395 e. The largest absolute Gasteiger partial charge is 0.395 e. The van der Waals surface area contributed by atoms with Crippen molar-refractivity contribution in [2.45, 2.75) is 38.6 Å². The smallest absolute Gasteiger partial charge is 0.317 e. The Bertz CT molecular complexity index is 416. The molecule has 0 atom stereocenters. The lowest BCUT2D eigenvalue weighted by Gasteiger charge is -2.26. The third-order valence-corrected chi connectivity index (χ3v) is 4.14. The molecule has 2 amide bonds. The van der Waals surface area contributed by atoms with Gasteiger partial charge in [-0.25, -0.2) is 4.79 Å². The number of aliphatic hydroxyl groups is 1. The fourth-order valence-corrected chi connectivity index (χ4v) is 2.91. The first-order valence-corrected chi connectivity index (χ1v) is 7.97. The summed E-state index contributed by atoms with van der Waals surface area (Å²) in [5.41, 5.74) is 1.08. The Hall–Kier alpha value is -1.55. The van der Waals surface area contributed by atoms with E-state index < -0.39 is 0 Å². The van der Waals surface area contributed by atoms with Crippen LogP contribution in [-0.4, -0.2) is 35.7 Å². The number of nitrogens with zero attached hydrogens (tertiary/aromatic N) is 1. The fourth-order valence-electron chi connectivity index (χ4n) is 2.91. The highest BCUT2D eigenvalue weighted by Crippen LogP contribution is 2.22. The van der Waals surface area contributed by atoms with Gasteiger partial charge in [0.1, 0.15) is 0 Å². The minimum absolute atomic E-state index is 0.0102. The van der Waals surface area contributed by atoms with Gasteiger partial charge in [-0.05, 0) is 24.3 Å². The first-order valence-electron chi connectivity index (χ1n) is 7.97. The van der Waals surface area contributed by atoms with E-state index in [2.05, 4.69) is 5.32 Å². The molecule has 1 fully saturated rings. The standard InChI is InChI=1S/C17H26N2O2/c20-12-11-19(14-16-9-5-2-6-10-16)17(21)18-13-15-7-3-1-4-8-15/h2,5-6,9-10,15,20H,1,3-4,7-8,11-14H2,(H,18,21). The van der Waals surface area contributed by atoms with Crippen LogP contribution in [0.1, 0.15) is 37.7 Å². The van der Waals surface area contributed by atoms with Gasteiger partial charge in [-0.3, -0.25) is 0 Å². The van der Waals surface area contributed by atoms with Crippen molar-refractivity contribution in [1.29, 1.82) is 0 Å². The Morgan fingerprint density at radius 3 is 2.57 bits per heavy atom. The van der Waals surface area contributed by atoms with Crippen LogP contribution >= 0.6 is 0 Å². The molecule has 4 nitrogen and oxygen atoms in total. The topological polar surface area (TPSA) is 52.6 Å². The van der Waals surface area contributed by atoms with E-state index in [1.165, 1.54) is 32.1 Å². The summed E-state index contributed by atoms with van der Waals surface area (Å²) in [5, 5.41) is 12.2. The summed E-state index contributed by atoms with van der Waals surface area (Å²) in [6.45, 7) is 1.66. The molecule has 21 heavy (non-hydrogen) atoms. The molecule has 2 rings (SSSR count). The molecule has 0 saturated heterocycles. The Balaban J connectivity index is 1.83. The van der Waals surface area contributed by atoms with Crippen molar-refractivity contribution in [1.82, 2.24) is 10.2 Å². The van der Waals surface area contributed by atoms with Crippen LogP contribution in [0.3, 0.4) is 0 Å². The van der Waals surface area contributed by atoms with E-state index in [1.807, 2.05) is 30.3 Å². The Morgan fingerprint density at radius 2 is 1.90 bits per heavy atom. The van der Waals surface area contributed by atoms with Gasteiger partial charge in [-0.2, -0.15) is 0 Å². The summed E-state index contributed by atoms with van der Waals surface area (Å²) in [6, 6.07) is 9.82. The number of nitrogens with one attached hydrogen (secondary N) is 1. The Kier molecular flexibility index (Phi) is 6.54. The van der Waals surface area contributed by atoms with Gasteiger partial charge in [0.25, 0.3) is 0 Å². The third-order valence-electron chi connectivity index (χ3n) is 4.14. The molecule has 0 radical (unpaired) electrons. The highest BCUT2D eigenvalue weighted by Gasteiger charge is 2.17. The molecule has 0 bridgehead atoms. The highest BCUT2D eigenvalue weighted by atomic mass is 16.3. The zero-order valence-electron chi connectivity index (χ0n) is 12.6. The first kappa shape index (κ1) is 15.8. The van der Waals surface area contributed by atoms with Crippen molar-refractivity contribution in [2.75, 3.05) is 19.7 Å². The van der Waals surface area contributed by atoms with Gasteiger partial charge < -0.3 is 15.3 Å². The maximum atomic E-state index is 12.3. The van der Waals surface area contributed by atoms with Crippen LogP contribution in [0.2, 0.25) is 0 Å². The maximum Gasteiger partial charge on any atom is 0.317 e. The second-order valence-corrected chi connectivity index (χ2v) is 5.82. The van der Waals surface area contributed by atoms with Crippen molar-refractivity contribution in [3.63, 3.8) is 0 Å². The summed E-state index contributed by atoms with van der Waals surface area (Å²) in [5.74, 6) is 0.621. The average molecular weight is 290 g/mol. The van der Waals surface area contributed by atoms with Crippen LogP contribution in [0.5, 0.6) is 0 Å². The molecule has 0 spiro atoms. The number of hydrogen-bond donors (Lipinski definition) is 2.